The molecule has 1 aromatic carbocycles. The molecule has 0 saturated heterocycles. The van der Waals surface area contributed by atoms with Crippen LogP contribution in [0.1, 0.15) is 31.9 Å². The first-order chi connectivity index (χ1) is 7.97. The van der Waals surface area contributed by atoms with Gasteiger partial charge in [0.05, 0.1) is 0 Å². The average Bonchev–Trinajstić information content (AvgIpc) is 2.29. The van der Waals surface area contributed by atoms with Crippen LogP contribution in [0.5, 0.6) is 0 Å². The van der Waals surface area contributed by atoms with Crippen LogP contribution in [0.4, 0.5) is 0 Å². The first kappa shape index (κ1) is 11.8. The molecule has 0 bridgehead atoms. The highest BCUT2D eigenvalue weighted by Crippen LogP contribution is 2.25. The molecule has 2 heteroatoms. The molecule has 0 amide bonds. The zero-order valence-corrected chi connectivity index (χ0v) is 10.9. The summed E-state index contributed by atoms with van der Waals surface area (Å²) in [4.78, 5) is 8.72. The smallest absolute Gasteiger partial charge is 0.159 e. The molecule has 0 atom stereocenters. The zero-order valence-electron chi connectivity index (χ0n) is 10.9. The van der Waals surface area contributed by atoms with E-state index in [0.29, 0.717) is 0 Å². The average molecular weight is 226 g/mol. The third-order valence-electron chi connectivity index (χ3n) is 2.77. The van der Waals surface area contributed by atoms with Crippen molar-refractivity contribution in [2.45, 2.75) is 33.1 Å². The van der Waals surface area contributed by atoms with Gasteiger partial charge in [-0.2, -0.15) is 0 Å². The number of nitrogens with zero attached hydrogens (tertiary/aromatic N) is 2. The lowest BCUT2D eigenvalue weighted by atomic mass is 9.86. The van der Waals surface area contributed by atoms with Gasteiger partial charge in [0.2, 0.25) is 0 Å². The van der Waals surface area contributed by atoms with Gasteiger partial charge in [0.1, 0.15) is 0 Å². The third kappa shape index (κ3) is 2.70. The van der Waals surface area contributed by atoms with Gasteiger partial charge >= 0.3 is 0 Å². The van der Waals surface area contributed by atoms with Crippen LogP contribution in [0.2, 0.25) is 0 Å². The molecule has 2 rings (SSSR count). The molecule has 0 aliphatic heterocycles. The zero-order chi connectivity index (χ0) is 12.5. The summed E-state index contributed by atoms with van der Waals surface area (Å²) in [6.45, 7) is 8.63. The molecule has 88 valence electrons. The van der Waals surface area contributed by atoms with Gasteiger partial charge in [0, 0.05) is 18.0 Å². The standard InChI is InChI=1S/C15H18N2/c1-11-9-16-14(17-10-11)12-6-5-7-13(8-12)15(2,3)4/h5-10H,1-4H3. The van der Waals surface area contributed by atoms with Crippen LogP contribution in [0, 0.1) is 6.92 Å². The van der Waals surface area contributed by atoms with Crippen molar-refractivity contribution in [3.63, 3.8) is 0 Å². The second kappa shape index (κ2) is 4.28. The number of aromatic nitrogens is 2. The Labute approximate surface area is 103 Å². The fourth-order valence-corrected chi connectivity index (χ4v) is 1.67. The largest absolute Gasteiger partial charge is 0.236 e. The molecule has 0 radical (unpaired) electrons. The van der Waals surface area contributed by atoms with E-state index in [4.69, 9.17) is 0 Å². The van der Waals surface area contributed by atoms with Crippen LogP contribution in [-0.4, -0.2) is 9.97 Å². The van der Waals surface area contributed by atoms with Crippen molar-refractivity contribution in [1.29, 1.82) is 0 Å². The molecular formula is C15H18N2. The minimum Gasteiger partial charge on any atom is -0.236 e. The van der Waals surface area contributed by atoms with E-state index in [-0.39, 0.29) is 5.41 Å². The van der Waals surface area contributed by atoms with Crippen LogP contribution in [0.15, 0.2) is 36.7 Å². The molecule has 0 fully saturated rings. The summed E-state index contributed by atoms with van der Waals surface area (Å²) in [6, 6.07) is 8.45. The summed E-state index contributed by atoms with van der Waals surface area (Å²) < 4.78 is 0. The molecule has 0 aliphatic carbocycles. The molecule has 1 aromatic heterocycles. The summed E-state index contributed by atoms with van der Waals surface area (Å²) in [5, 5.41) is 0. The number of hydrogen-bond acceptors (Lipinski definition) is 2. The highest BCUT2D eigenvalue weighted by molar-refractivity contribution is 5.56. The lowest BCUT2D eigenvalue weighted by molar-refractivity contribution is 0.590. The van der Waals surface area contributed by atoms with Gasteiger partial charge in [-0.25, -0.2) is 9.97 Å². The van der Waals surface area contributed by atoms with E-state index >= 15 is 0 Å². The number of hydrogen-bond donors (Lipinski definition) is 0. The predicted molar refractivity (Wildman–Crippen MR) is 70.9 cm³/mol. The van der Waals surface area contributed by atoms with Crippen molar-refractivity contribution >= 4 is 0 Å². The molecule has 0 N–H and O–H groups in total. The minimum absolute atomic E-state index is 0.153. The Bertz CT molecular complexity index is 507. The summed E-state index contributed by atoms with van der Waals surface area (Å²) in [5.74, 6) is 0.793. The lowest BCUT2D eigenvalue weighted by Crippen LogP contribution is -2.10. The van der Waals surface area contributed by atoms with Crippen LogP contribution in [0.25, 0.3) is 11.4 Å². The second-order valence-corrected chi connectivity index (χ2v) is 5.41. The lowest BCUT2D eigenvalue weighted by Gasteiger charge is -2.19. The molecule has 0 spiro atoms. The highest BCUT2D eigenvalue weighted by atomic mass is 14.9. The van der Waals surface area contributed by atoms with Crippen LogP contribution < -0.4 is 0 Å². The first-order valence-electron chi connectivity index (χ1n) is 5.86. The van der Waals surface area contributed by atoms with Crippen molar-refractivity contribution in [3.05, 3.63) is 47.8 Å². The summed E-state index contributed by atoms with van der Waals surface area (Å²) in [5.41, 5.74) is 3.62. The Balaban J connectivity index is 2.43. The van der Waals surface area contributed by atoms with Crippen LogP contribution in [-0.2, 0) is 5.41 Å². The first-order valence-corrected chi connectivity index (χ1v) is 5.86. The fourth-order valence-electron chi connectivity index (χ4n) is 1.67. The SMILES string of the molecule is Cc1cnc(-c2cccc(C(C)(C)C)c2)nc1. The van der Waals surface area contributed by atoms with Crippen molar-refractivity contribution < 1.29 is 0 Å². The van der Waals surface area contributed by atoms with Gasteiger partial charge in [-0.05, 0) is 29.5 Å². The summed E-state index contributed by atoms with van der Waals surface area (Å²) in [7, 11) is 0. The van der Waals surface area contributed by atoms with Crippen molar-refractivity contribution in [2.75, 3.05) is 0 Å². The molecule has 0 saturated carbocycles. The third-order valence-corrected chi connectivity index (χ3v) is 2.77. The Morgan fingerprint density at radius 1 is 1.00 bits per heavy atom. The van der Waals surface area contributed by atoms with Gasteiger partial charge in [-0.3, -0.25) is 0 Å². The molecule has 2 aromatic rings. The number of benzene rings is 1. The van der Waals surface area contributed by atoms with E-state index < -0.39 is 0 Å². The number of aryl methyl sites for hydroxylation is 1. The normalized spacial score (nSPS) is 11.5. The summed E-state index contributed by atoms with van der Waals surface area (Å²) in [6.07, 6.45) is 3.71. The van der Waals surface area contributed by atoms with Crippen LogP contribution in [0.3, 0.4) is 0 Å². The fraction of sp³-hybridized carbons (Fsp3) is 0.333. The summed E-state index contributed by atoms with van der Waals surface area (Å²) >= 11 is 0. The second-order valence-electron chi connectivity index (χ2n) is 5.41. The molecule has 0 unspecified atom stereocenters. The van der Waals surface area contributed by atoms with Gasteiger partial charge in [0.15, 0.2) is 5.82 Å². The van der Waals surface area contributed by atoms with Gasteiger partial charge in [-0.1, -0.05) is 39.0 Å². The molecule has 0 aliphatic rings. The molecular weight excluding hydrogens is 208 g/mol. The predicted octanol–water partition coefficient (Wildman–Crippen LogP) is 3.75. The maximum absolute atomic E-state index is 4.36. The van der Waals surface area contributed by atoms with E-state index in [9.17, 15) is 0 Å². The Kier molecular flexibility index (Phi) is 2.97. The Morgan fingerprint density at radius 2 is 1.65 bits per heavy atom. The Morgan fingerprint density at radius 3 is 2.24 bits per heavy atom. The van der Waals surface area contributed by atoms with Crippen LogP contribution >= 0.6 is 0 Å². The van der Waals surface area contributed by atoms with E-state index in [1.54, 1.807) is 0 Å². The van der Waals surface area contributed by atoms with Gasteiger partial charge in [-0.15, -0.1) is 0 Å². The monoisotopic (exact) mass is 226 g/mol. The Hall–Kier alpha value is -1.70. The number of rotatable bonds is 1. The highest BCUT2D eigenvalue weighted by Gasteiger charge is 2.14. The van der Waals surface area contributed by atoms with Gasteiger partial charge in [0.25, 0.3) is 0 Å². The molecule has 2 nitrogen and oxygen atoms in total. The van der Waals surface area contributed by atoms with Crippen molar-refractivity contribution in [1.82, 2.24) is 9.97 Å². The van der Waals surface area contributed by atoms with Gasteiger partial charge < -0.3 is 0 Å². The minimum atomic E-state index is 0.153. The quantitative estimate of drug-likeness (QED) is 0.740. The topological polar surface area (TPSA) is 25.8 Å². The van der Waals surface area contributed by atoms with Crippen molar-refractivity contribution in [2.24, 2.45) is 0 Å². The maximum Gasteiger partial charge on any atom is 0.159 e. The van der Waals surface area contributed by atoms with E-state index in [1.165, 1.54) is 5.56 Å². The van der Waals surface area contributed by atoms with E-state index in [2.05, 4.69) is 55.0 Å². The molecule has 17 heavy (non-hydrogen) atoms. The van der Waals surface area contributed by atoms with E-state index in [0.717, 1.165) is 17.0 Å². The van der Waals surface area contributed by atoms with Crippen molar-refractivity contribution in [3.8, 4) is 11.4 Å². The molecule has 1 heterocycles. The maximum atomic E-state index is 4.36. The van der Waals surface area contributed by atoms with E-state index in [1.807, 2.05) is 19.3 Å².